The maximum absolute atomic E-state index is 12.6. The first-order valence-electron chi connectivity index (χ1n) is 11.2. The van der Waals surface area contributed by atoms with Crippen molar-refractivity contribution in [1.29, 1.82) is 5.26 Å². The predicted octanol–water partition coefficient (Wildman–Crippen LogP) is 1.55. The molecule has 11 nitrogen and oxygen atoms in total. The van der Waals surface area contributed by atoms with Gasteiger partial charge < -0.3 is 15.8 Å². The van der Waals surface area contributed by atoms with Crippen LogP contribution < -0.4 is 15.8 Å². The highest BCUT2D eigenvalue weighted by atomic mass is 16.5. The molecule has 0 spiro atoms. The number of aromatic nitrogens is 5. The molecule has 3 aromatic heterocycles. The van der Waals surface area contributed by atoms with Gasteiger partial charge in [0, 0.05) is 31.3 Å². The van der Waals surface area contributed by atoms with E-state index in [1.54, 1.807) is 31.6 Å². The molecule has 1 amide bonds. The summed E-state index contributed by atoms with van der Waals surface area (Å²) < 4.78 is 7.27. The number of nitriles is 1. The second-order valence-electron chi connectivity index (χ2n) is 8.01. The van der Waals surface area contributed by atoms with Crippen molar-refractivity contribution in [2.24, 2.45) is 5.92 Å². The molecule has 0 aromatic carbocycles. The summed E-state index contributed by atoms with van der Waals surface area (Å²) in [5.74, 6) is 1.62. The van der Waals surface area contributed by atoms with Gasteiger partial charge in [-0.05, 0) is 50.9 Å². The molecule has 1 saturated heterocycles. The lowest BCUT2D eigenvalue weighted by molar-refractivity contribution is 0.0928. The smallest absolute Gasteiger partial charge is 0.270 e. The molecule has 1 aliphatic rings. The van der Waals surface area contributed by atoms with E-state index in [0.29, 0.717) is 31.6 Å². The molecule has 11 heteroatoms. The molecule has 0 bridgehead atoms. The number of amides is 1. The Bertz CT molecular complexity index is 1160. The molecule has 3 aromatic rings. The Balaban J connectivity index is 1.29. The van der Waals surface area contributed by atoms with E-state index < -0.39 is 0 Å². The average Bonchev–Trinajstić information content (AvgIpc) is 3.32. The standard InChI is InChI=1S/C23H27N9O2/c1-2-34-22-17(13-24)18(25)12-19(30-22)21(33)29-14-16-4-9-31(10-5-16)15-20-26-8-11-32(20)23-27-6-3-7-28-23/h3,6-8,11-12,16H,2,4-5,9-10,14-15H2,1H3,(H2,25,30)(H,29,33). The normalized spacial score (nSPS) is 14.5. The van der Waals surface area contributed by atoms with Crippen LogP contribution in [-0.2, 0) is 6.54 Å². The Labute approximate surface area is 197 Å². The van der Waals surface area contributed by atoms with Crippen molar-refractivity contribution in [3.05, 3.63) is 54.0 Å². The number of pyridine rings is 1. The number of hydrogen-bond acceptors (Lipinski definition) is 9. The van der Waals surface area contributed by atoms with Gasteiger partial charge in [-0.15, -0.1) is 0 Å². The molecular formula is C23H27N9O2. The van der Waals surface area contributed by atoms with E-state index >= 15 is 0 Å². The third-order valence-electron chi connectivity index (χ3n) is 5.75. The number of anilines is 1. The van der Waals surface area contributed by atoms with Crippen molar-refractivity contribution in [3.63, 3.8) is 0 Å². The Morgan fingerprint density at radius 3 is 2.74 bits per heavy atom. The molecule has 176 valence electrons. The zero-order chi connectivity index (χ0) is 23.9. The summed E-state index contributed by atoms with van der Waals surface area (Å²) >= 11 is 0. The van der Waals surface area contributed by atoms with E-state index in [2.05, 4.69) is 30.2 Å². The monoisotopic (exact) mass is 461 g/mol. The molecule has 34 heavy (non-hydrogen) atoms. The highest BCUT2D eigenvalue weighted by molar-refractivity contribution is 5.93. The lowest BCUT2D eigenvalue weighted by atomic mass is 9.96. The average molecular weight is 462 g/mol. The topological polar surface area (TPSA) is 148 Å². The minimum absolute atomic E-state index is 0.0859. The number of hydrogen-bond donors (Lipinski definition) is 2. The molecule has 0 radical (unpaired) electrons. The molecule has 1 aliphatic heterocycles. The van der Waals surface area contributed by atoms with Crippen molar-refractivity contribution in [1.82, 2.24) is 34.7 Å². The zero-order valence-corrected chi connectivity index (χ0v) is 19.0. The van der Waals surface area contributed by atoms with Crippen LogP contribution in [0.5, 0.6) is 5.88 Å². The van der Waals surface area contributed by atoms with E-state index in [9.17, 15) is 10.1 Å². The van der Waals surface area contributed by atoms with Gasteiger partial charge in [0.15, 0.2) is 0 Å². The molecule has 0 aliphatic carbocycles. The number of rotatable bonds is 8. The molecule has 0 saturated carbocycles. The van der Waals surface area contributed by atoms with Gasteiger partial charge in [0.1, 0.15) is 23.2 Å². The van der Waals surface area contributed by atoms with Crippen LogP contribution >= 0.6 is 0 Å². The fourth-order valence-corrected chi connectivity index (χ4v) is 3.94. The molecule has 1 fully saturated rings. The van der Waals surface area contributed by atoms with Gasteiger partial charge >= 0.3 is 0 Å². The maximum atomic E-state index is 12.6. The van der Waals surface area contributed by atoms with Crippen molar-refractivity contribution in [2.75, 3.05) is 32.0 Å². The number of ether oxygens (including phenoxy) is 1. The number of nitrogens with two attached hydrogens (primary N) is 1. The number of nitrogens with one attached hydrogen (secondary N) is 1. The van der Waals surface area contributed by atoms with Crippen LogP contribution in [0.25, 0.3) is 5.95 Å². The molecule has 0 atom stereocenters. The summed E-state index contributed by atoms with van der Waals surface area (Å²) in [6, 6.07) is 5.17. The number of likely N-dealkylation sites (tertiary alicyclic amines) is 1. The van der Waals surface area contributed by atoms with E-state index in [4.69, 9.17) is 10.5 Å². The molecule has 3 N–H and O–H groups in total. The Hall–Kier alpha value is -4.04. The fraction of sp³-hybridized carbons (Fsp3) is 0.391. The summed E-state index contributed by atoms with van der Waals surface area (Å²) in [6.45, 7) is 5.16. The molecule has 4 rings (SSSR count). The van der Waals surface area contributed by atoms with Gasteiger partial charge in [0.25, 0.3) is 5.91 Å². The predicted molar refractivity (Wildman–Crippen MR) is 124 cm³/mol. The number of imidazole rings is 1. The Morgan fingerprint density at radius 2 is 2.03 bits per heavy atom. The second kappa shape index (κ2) is 10.7. The summed E-state index contributed by atoms with van der Waals surface area (Å²) in [5.41, 5.74) is 6.38. The van der Waals surface area contributed by atoms with E-state index in [0.717, 1.165) is 31.8 Å². The van der Waals surface area contributed by atoms with Crippen LogP contribution in [0, 0.1) is 17.2 Å². The van der Waals surface area contributed by atoms with Crippen molar-refractivity contribution >= 4 is 11.6 Å². The van der Waals surface area contributed by atoms with Crippen LogP contribution in [0.2, 0.25) is 0 Å². The van der Waals surface area contributed by atoms with Crippen LogP contribution in [-0.4, -0.2) is 61.6 Å². The van der Waals surface area contributed by atoms with Gasteiger partial charge in [-0.25, -0.2) is 19.9 Å². The number of carbonyl (C=O) groups is 1. The molecule has 4 heterocycles. The summed E-state index contributed by atoms with van der Waals surface area (Å²) in [6.07, 6.45) is 8.96. The minimum Gasteiger partial charge on any atom is -0.477 e. The third kappa shape index (κ3) is 5.29. The summed E-state index contributed by atoms with van der Waals surface area (Å²) in [5, 5.41) is 12.2. The van der Waals surface area contributed by atoms with Gasteiger partial charge in [-0.1, -0.05) is 0 Å². The first-order valence-corrected chi connectivity index (χ1v) is 11.2. The van der Waals surface area contributed by atoms with E-state index in [1.165, 1.54) is 6.07 Å². The first-order chi connectivity index (χ1) is 16.6. The minimum atomic E-state index is -0.329. The van der Waals surface area contributed by atoms with E-state index in [-0.39, 0.29) is 28.7 Å². The number of carbonyl (C=O) groups excluding carboxylic acids is 1. The summed E-state index contributed by atoms with van der Waals surface area (Å²) in [4.78, 5) is 32.2. The van der Waals surface area contributed by atoms with Gasteiger partial charge in [-0.2, -0.15) is 5.26 Å². The fourth-order valence-electron chi connectivity index (χ4n) is 3.94. The zero-order valence-electron chi connectivity index (χ0n) is 19.0. The van der Waals surface area contributed by atoms with Crippen molar-refractivity contribution < 1.29 is 9.53 Å². The largest absolute Gasteiger partial charge is 0.477 e. The Kier molecular flexibility index (Phi) is 7.29. The maximum Gasteiger partial charge on any atom is 0.270 e. The molecular weight excluding hydrogens is 434 g/mol. The number of nitrogen functional groups attached to an aromatic ring is 1. The first kappa shape index (κ1) is 23.1. The van der Waals surface area contributed by atoms with Gasteiger partial charge in [-0.3, -0.25) is 14.3 Å². The lowest BCUT2D eigenvalue weighted by Crippen LogP contribution is -2.39. The van der Waals surface area contributed by atoms with E-state index in [1.807, 2.05) is 16.8 Å². The highest BCUT2D eigenvalue weighted by Gasteiger charge is 2.22. The van der Waals surface area contributed by atoms with Crippen molar-refractivity contribution in [2.45, 2.75) is 26.3 Å². The third-order valence-corrected chi connectivity index (χ3v) is 5.75. The summed E-state index contributed by atoms with van der Waals surface area (Å²) in [7, 11) is 0. The molecule has 0 unspecified atom stereocenters. The van der Waals surface area contributed by atoms with Crippen LogP contribution in [0.15, 0.2) is 36.9 Å². The number of nitrogens with zero attached hydrogens (tertiary/aromatic N) is 7. The quantitative estimate of drug-likeness (QED) is 0.510. The van der Waals surface area contributed by atoms with Gasteiger partial charge in [0.2, 0.25) is 11.8 Å². The number of piperidine rings is 1. The van der Waals surface area contributed by atoms with Crippen LogP contribution in [0.4, 0.5) is 5.69 Å². The van der Waals surface area contributed by atoms with Crippen LogP contribution in [0.3, 0.4) is 0 Å². The van der Waals surface area contributed by atoms with Crippen molar-refractivity contribution in [3.8, 4) is 17.9 Å². The Morgan fingerprint density at radius 1 is 1.26 bits per heavy atom. The highest BCUT2D eigenvalue weighted by Crippen LogP contribution is 2.23. The lowest BCUT2D eigenvalue weighted by Gasteiger charge is -2.31. The SMILES string of the molecule is CCOc1nc(C(=O)NCC2CCN(Cc3nccn3-c3ncccn3)CC2)cc(N)c1C#N. The van der Waals surface area contributed by atoms with Crippen LogP contribution in [0.1, 0.15) is 41.6 Å². The second-order valence-corrected chi connectivity index (χ2v) is 8.01. The van der Waals surface area contributed by atoms with Gasteiger partial charge in [0.05, 0.1) is 18.8 Å².